The minimum atomic E-state index is 0.102. The first-order chi connectivity index (χ1) is 12.7. The molecule has 2 unspecified atom stereocenters. The second-order valence-corrected chi connectivity index (χ2v) is 7.47. The molecule has 0 N–H and O–H groups in total. The summed E-state index contributed by atoms with van der Waals surface area (Å²) < 4.78 is 12.4. The number of nitrogens with zero attached hydrogens (tertiary/aromatic N) is 2. The number of aromatic nitrogens is 1. The number of methoxy groups -OCH3 is 1. The Bertz CT molecular complexity index is 803. The minimum absolute atomic E-state index is 0.102. The molecule has 1 saturated heterocycles. The van der Waals surface area contributed by atoms with Gasteiger partial charge >= 0.3 is 0 Å². The third-order valence-electron chi connectivity index (χ3n) is 5.41. The van der Waals surface area contributed by atoms with Crippen molar-refractivity contribution in [2.45, 2.75) is 32.0 Å². The van der Waals surface area contributed by atoms with E-state index in [2.05, 4.69) is 41.3 Å². The van der Waals surface area contributed by atoms with Crippen LogP contribution in [0.4, 0.5) is 0 Å². The highest BCUT2D eigenvalue weighted by Gasteiger charge is 2.34. The van der Waals surface area contributed by atoms with E-state index in [1.165, 1.54) is 17.7 Å². The number of likely N-dealkylation sites (tertiary alicyclic amines) is 1. The lowest BCUT2D eigenvalue weighted by Gasteiger charge is -2.43. The molecule has 0 amide bonds. The normalized spacial score (nSPS) is 22.2. The molecule has 0 spiro atoms. The van der Waals surface area contributed by atoms with Crippen molar-refractivity contribution in [3.05, 3.63) is 69.6 Å². The number of rotatable bonds is 6. The molecule has 2 aliphatic rings. The first kappa shape index (κ1) is 17.5. The van der Waals surface area contributed by atoms with E-state index in [1.54, 1.807) is 13.2 Å². The van der Waals surface area contributed by atoms with Crippen molar-refractivity contribution in [2.24, 2.45) is 5.92 Å². The Hall–Kier alpha value is -1.95. The lowest BCUT2D eigenvalue weighted by molar-refractivity contribution is -0.0391. The molecule has 0 saturated carbocycles. The van der Waals surface area contributed by atoms with Crippen LogP contribution in [0.2, 0.25) is 0 Å². The lowest BCUT2D eigenvalue weighted by Crippen LogP contribution is -2.46. The number of pyridine rings is 1. The SMILES string of the molecule is COCOCc1cc2n(c(=O)c1)CC1CC2CN(Cc2ccccc2)C1. The molecule has 4 rings (SSSR count). The number of hydrogen-bond donors (Lipinski definition) is 0. The Balaban J connectivity index is 1.53. The standard InChI is InChI=1S/C21H26N2O3/c1-25-15-26-14-17-8-20-19-7-18(12-23(20)21(24)9-17)11-22(13-19)10-16-5-3-2-4-6-16/h2-6,8-9,18-19H,7,10-15H2,1H3. The van der Waals surface area contributed by atoms with Gasteiger partial charge in [0.05, 0.1) is 6.61 Å². The third-order valence-corrected chi connectivity index (χ3v) is 5.41. The van der Waals surface area contributed by atoms with Crippen LogP contribution in [0, 0.1) is 5.92 Å². The van der Waals surface area contributed by atoms with Crippen LogP contribution in [0.25, 0.3) is 0 Å². The van der Waals surface area contributed by atoms with Gasteiger partial charge in [0.25, 0.3) is 5.56 Å². The van der Waals surface area contributed by atoms with Crippen LogP contribution in [0.3, 0.4) is 0 Å². The van der Waals surface area contributed by atoms with Gasteiger partial charge in [-0.2, -0.15) is 0 Å². The fourth-order valence-corrected chi connectivity index (χ4v) is 4.41. The highest BCUT2D eigenvalue weighted by atomic mass is 16.7. The molecular weight excluding hydrogens is 328 g/mol. The molecule has 1 aromatic heterocycles. The number of hydrogen-bond acceptors (Lipinski definition) is 4. The van der Waals surface area contributed by atoms with Crippen LogP contribution < -0.4 is 5.56 Å². The zero-order chi connectivity index (χ0) is 17.9. The van der Waals surface area contributed by atoms with Gasteiger partial charge in [0.2, 0.25) is 0 Å². The summed E-state index contributed by atoms with van der Waals surface area (Å²) in [5.41, 5.74) is 3.57. The van der Waals surface area contributed by atoms with Crippen molar-refractivity contribution in [2.75, 3.05) is 27.0 Å². The van der Waals surface area contributed by atoms with Gasteiger partial charge < -0.3 is 14.0 Å². The molecule has 2 atom stereocenters. The van der Waals surface area contributed by atoms with Crippen LogP contribution in [0.1, 0.15) is 29.2 Å². The molecule has 2 bridgehead atoms. The zero-order valence-corrected chi connectivity index (χ0v) is 15.3. The van der Waals surface area contributed by atoms with Crippen molar-refractivity contribution < 1.29 is 9.47 Å². The second kappa shape index (κ2) is 7.74. The molecule has 0 radical (unpaired) electrons. The van der Waals surface area contributed by atoms with Crippen LogP contribution >= 0.6 is 0 Å². The lowest BCUT2D eigenvalue weighted by atomic mass is 9.82. The van der Waals surface area contributed by atoms with Crippen molar-refractivity contribution in [1.82, 2.24) is 9.47 Å². The van der Waals surface area contributed by atoms with Gasteiger partial charge in [0.15, 0.2) is 0 Å². The maximum absolute atomic E-state index is 12.6. The van der Waals surface area contributed by atoms with Crippen LogP contribution in [-0.2, 0) is 29.2 Å². The Morgan fingerprint density at radius 3 is 2.73 bits per heavy atom. The summed E-state index contributed by atoms with van der Waals surface area (Å²) in [6, 6.07) is 14.5. The average molecular weight is 354 g/mol. The van der Waals surface area contributed by atoms with Gasteiger partial charge in [-0.1, -0.05) is 30.3 Å². The third kappa shape index (κ3) is 3.75. The second-order valence-electron chi connectivity index (χ2n) is 7.47. The summed E-state index contributed by atoms with van der Waals surface area (Å²) >= 11 is 0. The molecule has 1 aromatic carbocycles. The first-order valence-electron chi connectivity index (χ1n) is 9.29. The van der Waals surface area contributed by atoms with E-state index in [-0.39, 0.29) is 12.4 Å². The molecule has 2 aromatic rings. The molecule has 138 valence electrons. The highest BCUT2D eigenvalue weighted by Crippen LogP contribution is 2.35. The van der Waals surface area contributed by atoms with E-state index in [0.29, 0.717) is 18.4 Å². The molecule has 1 fully saturated rings. The summed E-state index contributed by atoms with van der Waals surface area (Å²) in [5, 5.41) is 0. The topological polar surface area (TPSA) is 43.7 Å². The van der Waals surface area contributed by atoms with E-state index >= 15 is 0 Å². The largest absolute Gasteiger partial charge is 0.359 e. The predicted octanol–water partition coefficient (Wildman–Crippen LogP) is 2.59. The molecule has 5 nitrogen and oxygen atoms in total. The number of fused-ring (bicyclic) bond motifs is 4. The van der Waals surface area contributed by atoms with Gasteiger partial charge in [-0.3, -0.25) is 9.69 Å². The van der Waals surface area contributed by atoms with E-state index < -0.39 is 0 Å². The number of benzene rings is 1. The summed E-state index contributed by atoms with van der Waals surface area (Å²) in [6.07, 6.45) is 1.17. The fourth-order valence-electron chi connectivity index (χ4n) is 4.41. The maximum Gasteiger partial charge on any atom is 0.251 e. The van der Waals surface area contributed by atoms with Crippen molar-refractivity contribution in [3.63, 3.8) is 0 Å². The van der Waals surface area contributed by atoms with Gasteiger partial charge in [-0.05, 0) is 29.5 Å². The predicted molar refractivity (Wildman–Crippen MR) is 99.9 cm³/mol. The van der Waals surface area contributed by atoms with Gasteiger partial charge in [-0.25, -0.2) is 0 Å². The van der Waals surface area contributed by atoms with E-state index in [9.17, 15) is 4.79 Å². The summed E-state index contributed by atoms with van der Waals surface area (Å²) in [7, 11) is 1.60. The van der Waals surface area contributed by atoms with Crippen molar-refractivity contribution >= 4 is 0 Å². The Kier molecular flexibility index (Phi) is 5.20. The highest BCUT2D eigenvalue weighted by molar-refractivity contribution is 5.24. The Morgan fingerprint density at radius 1 is 1.08 bits per heavy atom. The Morgan fingerprint density at radius 2 is 1.92 bits per heavy atom. The van der Waals surface area contributed by atoms with Crippen LogP contribution in [0.15, 0.2) is 47.3 Å². The van der Waals surface area contributed by atoms with E-state index in [1.807, 2.05) is 4.57 Å². The van der Waals surface area contributed by atoms with E-state index in [4.69, 9.17) is 9.47 Å². The summed E-state index contributed by atoms with van der Waals surface area (Å²) in [5.74, 6) is 0.972. The summed E-state index contributed by atoms with van der Waals surface area (Å²) in [6.45, 7) is 4.54. The van der Waals surface area contributed by atoms with Gasteiger partial charge in [0, 0.05) is 51.0 Å². The smallest absolute Gasteiger partial charge is 0.251 e. The quantitative estimate of drug-likeness (QED) is 0.591. The average Bonchev–Trinajstić information content (AvgIpc) is 2.64. The Labute approximate surface area is 154 Å². The van der Waals surface area contributed by atoms with Crippen molar-refractivity contribution in [3.8, 4) is 0 Å². The molecule has 0 aliphatic carbocycles. The molecular formula is C21H26N2O3. The van der Waals surface area contributed by atoms with Gasteiger partial charge in [0.1, 0.15) is 6.79 Å². The van der Waals surface area contributed by atoms with Crippen LogP contribution in [-0.4, -0.2) is 36.5 Å². The fraction of sp³-hybridized carbons (Fsp3) is 0.476. The number of ether oxygens (including phenoxy) is 2. The van der Waals surface area contributed by atoms with Gasteiger partial charge in [-0.15, -0.1) is 0 Å². The number of piperidine rings is 1. The van der Waals surface area contributed by atoms with Crippen molar-refractivity contribution in [1.29, 1.82) is 0 Å². The molecule has 26 heavy (non-hydrogen) atoms. The molecule has 3 heterocycles. The first-order valence-corrected chi connectivity index (χ1v) is 9.29. The zero-order valence-electron chi connectivity index (χ0n) is 15.3. The molecule has 5 heteroatoms. The van der Waals surface area contributed by atoms with Crippen LogP contribution in [0.5, 0.6) is 0 Å². The van der Waals surface area contributed by atoms with E-state index in [0.717, 1.165) is 31.7 Å². The monoisotopic (exact) mass is 354 g/mol. The maximum atomic E-state index is 12.6. The molecule has 2 aliphatic heterocycles. The summed E-state index contributed by atoms with van der Waals surface area (Å²) in [4.78, 5) is 15.1. The minimum Gasteiger partial charge on any atom is -0.359 e.